The molecule has 65 heavy (non-hydrogen) atoms. The number of ether oxygens (including phenoxy) is 2. The lowest BCUT2D eigenvalue weighted by atomic mass is 9.88. The minimum absolute atomic E-state index is 0.0295. The van der Waals surface area contributed by atoms with Gasteiger partial charge in [-0.3, -0.25) is 24.0 Å². The van der Waals surface area contributed by atoms with E-state index in [1.807, 2.05) is 24.3 Å². The smallest absolute Gasteiger partial charge is 0.226 e. The Morgan fingerprint density at radius 1 is 0.862 bits per heavy atom. The summed E-state index contributed by atoms with van der Waals surface area (Å²) in [5.74, 6) is -2.01. The Bertz CT molecular complexity index is 2420. The van der Waals surface area contributed by atoms with Gasteiger partial charge in [-0.05, 0) is 92.9 Å². The lowest BCUT2D eigenvalue weighted by Gasteiger charge is -2.32. The molecule has 2 amide bonds. The topological polar surface area (TPSA) is 247 Å². The summed E-state index contributed by atoms with van der Waals surface area (Å²) in [5, 5.41) is 12.1. The largest absolute Gasteiger partial charge is 0.492 e. The van der Waals surface area contributed by atoms with Crippen molar-refractivity contribution in [2.24, 2.45) is 29.0 Å². The van der Waals surface area contributed by atoms with Gasteiger partial charge in [-0.1, -0.05) is 43.3 Å². The van der Waals surface area contributed by atoms with Crippen LogP contribution in [0, 0.1) is 37.0 Å². The molecule has 4 atom stereocenters. The van der Waals surface area contributed by atoms with Gasteiger partial charge in [-0.2, -0.15) is 5.26 Å². The van der Waals surface area contributed by atoms with Crippen LogP contribution in [0.4, 0.5) is 0 Å². The van der Waals surface area contributed by atoms with Gasteiger partial charge in [0.25, 0.3) is 0 Å². The van der Waals surface area contributed by atoms with Crippen LogP contribution in [0.1, 0.15) is 102 Å². The zero-order valence-electron chi connectivity index (χ0n) is 37.7. The van der Waals surface area contributed by atoms with Gasteiger partial charge in [-0.15, -0.1) is 0 Å². The Balaban J connectivity index is 1.38. The van der Waals surface area contributed by atoms with Crippen LogP contribution in [-0.4, -0.2) is 90.0 Å². The third kappa shape index (κ3) is 11.7. The Morgan fingerprint density at radius 3 is 2.08 bits per heavy atom. The first-order valence-corrected chi connectivity index (χ1v) is 22.4. The first-order valence-electron chi connectivity index (χ1n) is 22.4. The zero-order chi connectivity index (χ0) is 46.8. The number of nitrogens with one attached hydrogen (secondary N) is 1. The fourth-order valence-corrected chi connectivity index (χ4v) is 8.54. The number of nitrogens with zero attached hydrogens (tertiary/aromatic N) is 4. The number of rotatable bonds is 18. The highest BCUT2D eigenvalue weighted by molar-refractivity contribution is 6.01. The van der Waals surface area contributed by atoms with Gasteiger partial charge in [0.2, 0.25) is 11.8 Å². The number of Topliss-reactive ketones (excluding diaryl/α,β-unsaturated/α-hetero) is 3. The molecule has 7 N–H and O–H groups in total. The molecule has 15 heteroatoms. The Hall–Kier alpha value is -6.34. The second-order valence-corrected chi connectivity index (χ2v) is 17.1. The molecule has 6 rings (SSSR count). The van der Waals surface area contributed by atoms with Gasteiger partial charge in [-0.25, -0.2) is 9.97 Å². The average Bonchev–Trinajstić information content (AvgIpc) is 4.15. The van der Waals surface area contributed by atoms with E-state index in [9.17, 15) is 29.2 Å². The molecule has 4 bridgehead atoms. The molecule has 1 aromatic heterocycles. The average molecular weight is 885 g/mol. The predicted octanol–water partition coefficient (Wildman–Crippen LogP) is 5.23. The Labute approximate surface area is 380 Å². The van der Waals surface area contributed by atoms with Crippen LogP contribution in [-0.2, 0) is 25.6 Å². The van der Waals surface area contributed by atoms with Crippen molar-refractivity contribution < 1.29 is 33.4 Å². The highest BCUT2D eigenvalue weighted by atomic mass is 16.5. The van der Waals surface area contributed by atoms with Crippen LogP contribution >= 0.6 is 0 Å². The first-order chi connectivity index (χ1) is 31.3. The molecule has 2 aliphatic rings. The minimum Gasteiger partial charge on any atom is -0.492 e. The lowest BCUT2D eigenvalue weighted by molar-refractivity contribution is -0.142. The summed E-state index contributed by atoms with van der Waals surface area (Å²) in [6.07, 6.45) is 2.02. The number of carbonyl (C=O) groups is 5. The number of hydrogen-bond acceptors (Lipinski definition) is 13. The van der Waals surface area contributed by atoms with Crippen LogP contribution in [0.2, 0.25) is 0 Å². The fourth-order valence-electron chi connectivity index (χ4n) is 8.54. The van der Waals surface area contributed by atoms with E-state index in [1.54, 1.807) is 51.1 Å². The highest BCUT2D eigenvalue weighted by Gasteiger charge is 2.37. The molecule has 2 heterocycles. The van der Waals surface area contributed by atoms with Crippen molar-refractivity contribution in [2.45, 2.75) is 90.1 Å². The second-order valence-electron chi connectivity index (χ2n) is 17.1. The highest BCUT2D eigenvalue weighted by Crippen LogP contribution is 2.42. The lowest BCUT2D eigenvalue weighted by Crippen LogP contribution is -2.46. The number of aryl methyl sites for hydroxylation is 2. The van der Waals surface area contributed by atoms with E-state index in [4.69, 9.17) is 36.6 Å². The number of benzene rings is 3. The summed E-state index contributed by atoms with van der Waals surface area (Å²) in [4.78, 5) is 81.8. The minimum atomic E-state index is -1.24. The van der Waals surface area contributed by atoms with Crippen LogP contribution in [0.5, 0.6) is 11.5 Å². The maximum absolute atomic E-state index is 14.8. The number of hydrogen-bond donors (Lipinski definition) is 4. The van der Waals surface area contributed by atoms with Gasteiger partial charge in [0.05, 0.1) is 29.1 Å². The van der Waals surface area contributed by atoms with Crippen molar-refractivity contribution >= 4 is 29.2 Å². The second kappa shape index (κ2) is 22.0. The van der Waals surface area contributed by atoms with E-state index in [-0.39, 0.29) is 82.9 Å². The third-order valence-electron chi connectivity index (χ3n) is 12.1. The molecule has 0 saturated heterocycles. The van der Waals surface area contributed by atoms with E-state index in [2.05, 4.69) is 17.4 Å². The number of amides is 2. The van der Waals surface area contributed by atoms with E-state index >= 15 is 0 Å². The fraction of sp³-hybridized carbons (Fsp3) is 0.440. The molecule has 1 aliphatic carbocycles. The monoisotopic (exact) mass is 884 g/mol. The summed E-state index contributed by atoms with van der Waals surface area (Å²) >= 11 is 0. The summed E-state index contributed by atoms with van der Waals surface area (Å²) in [5.41, 5.74) is 23.4. The van der Waals surface area contributed by atoms with Crippen molar-refractivity contribution in [3.8, 4) is 40.1 Å². The summed E-state index contributed by atoms with van der Waals surface area (Å²) in [7, 11) is 1.51. The molecule has 1 aliphatic heterocycles. The van der Waals surface area contributed by atoms with Crippen LogP contribution < -0.4 is 32.0 Å². The van der Waals surface area contributed by atoms with Crippen molar-refractivity contribution in [1.82, 2.24) is 20.2 Å². The molecule has 1 saturated carbocycles. The van der Waals surface area contributed by atoms with Gasteiger partial charge in [0.1, 0.15) is 30.8 Å². The van der Waals surface area contributed by atoms with Gasteiger partial charge in [0, 0.05) is 74.3 Å². The zero-order valence-corrected chi connectivity index (χ0v) is 37.7. The molecule has 4 aromatic rings. The number of carbonyl (C=O) groups excluding carboxylic acids is 5. The van der Waals surface area contributed by atoms with Gasteiger partial charge in [0.15, 0.2) is 23.2 Å². The summed E-state index contributed by atoms with van der Waals surface area (Å²) < 4.78 is 12.3. The van der Waals surface area contributed by atoms with E-state index in [0.717, 1.165) is 5.56 Å². The van der Waals surface area contributed by atoms with E-state index in [0.29, 0.717) is 62.4 Å². The van der Waals surface area contributed by atoms with Crippen LogP contribution in [0.3, 0.4) is 0 Å². The molecule has 0 unspecified atom stereocenters. The molecule has 1 fully saturated rings. The third-order valence-corrected chi connectivity index (χ3v) is 12.1. The van der Waals surface area contributed by atoms with Crippen molar-refractivity contribution in [2.75, 3.05) is 39.9 Å². The molecule has 3 aromatic carbocycles. The normalized spacial score (nSPS) is 17.8. The molecular formula is C50H60N8O7. The van der Waals surface area contributed by atoms with E-state index < -0.39 is 41.5 Å². The summed E-state index contributed by atoms with van der Waals surface area (Å²) in [6.45, 7) is 5.97. The quantitative estimate of drug-likeness (QED) is 0.0937. The SMILES string of the molecule is Cc1nc(-c2ccc(C3CC3)cc2)nc(C)c1C(=O)C[C@@H](CCN)C(=O)N(C)[C@@H]1C(=O)C[C@@H](C)C(=O)N[C@H](C(=O)CCC#N)Cc2ccc(OCCN)c(c2)-c2cc1ccc2OCCN. The predicted molar refractivity (Wildman–Crippen MR) is 246 cm³/mol. The van der Waals surface area contributed by atoms with Gasteiger partial charge >= 0.3 is 0 Å². The van der Waals surface area contributed by atoms with E-state index in [1.165, 1.54) is 30.4 Å². The standard InChI is InChI=1S/C50H60N8O7/c1-29-24-43(61)47(58(4)50(63)37(17-19-52)28-42(60)46-30(2)55-48(56-31(46)3)35-12-10-34(11-13-35)33-8-9-33)36-14-16-45(65-23-21-54)39(27-36)38-25-32(7-15-44(38)64-22-20-53)26-40(57-49(29)62)41(59)6-5-18-51/h7,10-16,25,27,29,33,37,40,47H,5-6,8-9,17,19-24,26,28,52-54H2,1-4H3,(H,57,62)/t29-,37-,40+,47+/m1/s1. The maximum atomic E-state index is 14.8. The number of aromatic nitrogens is 2. The number of fused-ring (bicyclic) bond motifs is 5. The molecule has 342 valence electrons. The molecular weight excluding hydrogens is 825 g/mol. The number of likely N-dealkylation sites (N-methyl/N-ethyl adjacent to an activating group) is 1. The number of nitriles is 1. The summed E-state index contributed by atoms with van der Waals surface area (Å²) in [6, 6.07) is 18.5. The number of nitrogens with two attached hydrogens (primary N) is 3. The van der Waals surface area contributed by atoms with Crippen molar-refractivity contribution in [3.05, 3.63) is 94.3 Å². The van der Waals surface area contributed by atoms with Crippen molar-refractivity contribution in [3.63, 3.8) is 0 Å². The van der Waals surface area contributed by atoms with Gasteiger partial charge < -0.3 is 36.9 Å². The molecule has 0 radical (unpaired) electrons. The Morgan fingerprint density at radius 2 is 1.48 bits per heavy atom. The molecule has 0 spiro atoms. The van der Waals surface area contributed by atoms with Crippen LogP contribution in [0.25, 0.3) is 22.5 Å². The number of ketones is 3. The van der Waals surface area contributed by atoms with Crippen molar-refractivity contribution in [1.29, 1.82) is 5.26 Å². The molecule has 15 nitrogen and oxygen atoms in total. The Kier molecular flexibility index (Phi) is 16.3. The first kappa shape index (κ1) is 48.1. The maximum Gasteiger partial charge on any atom is 0.226 e. The van der Waals surface area contributed by atoms with Crippen LogP contribution in [0.15, 0.2) is 60.7 Å².